The van der Waals surface area contributed by atoms with E-state index < -0.39 is 29.0 Å². The molecule has 2 aromatic carbocycles. The van der Waals surface area contributed by atoms with Gasteiger partial charge in [0, 0.05) is 11.4 Å². The van der Waals surface area contributed by atoms with E-state index in [1.807, 2.05) is 32.2 Å². The minimum Gasteiger partial charge on any atom is -0.357 e. The predicted molar refractivity (Wildman–Crippen MR) is 126 cm³/mol. The van der Waals surface area contributed by atoms with Gasteiger partial charge in [0.05, 0.1) is 18.8 Å². The maximum atomic E-state index is 13.7. The number of carbonyl (C=O) groups excluding carboxylic acids is 1. The molecule has 0 aliphatic rings. The highest BCUT2D eigenvalue weighted by atomic mass is 127. The van der Waals surface area contributed by atoms with Gasteiger partial charge in [0.15, 0.2) is 23.4 Å². The van der Waals surface area contributed by atoms with Gasteiger partial charge in [-0.25, -0.2) is 18.2 Å². The fraction of sp³-hybridized carbons (Fsp3) is 0.300. The Morgan fingerprint density at radius 3 is 2.50 bits per heavy atom. The molecule has 0 unspecified atom stereocenters. The number of aliphatic imine (C=N–C) groups is 1. The van der Waals surface area contributed by atoms with Crippen LogP contribution in [0.3, 0.4) is 0 Å². The normalized spacial score (nSPS) is 10.9. The second-order valence-corrected chi connectivity index (χ2v) is 6.98. The van der Waals surface area contributed by atoms with Crippen LogP contribution in [0.1, 0.15) is 18.1 Å². The van der Waals surface area contributed by atoms with Crippen LogP contribution < -0.4 is 16.0 Å². The summed E-state index contributed by atoms with van der Waals surface area (Å²) >= 11 is 1.63. The van der Waals surface area contributed by atoms with Gasteiger partial charge in [-0.05, 0) is 49.4 Å². The lowest BCUT2D eigenvalue weighted by Crippen LogP contribution is -2.41. The first kappa shape index (κ1) is 26.1. The number of nitrogens with zero attached hydrogens (tertiary/aromatic N) is 1. The standard InChI is InChI=1S/C20H23F3N4OS.HI/c1-4-24-20(25-10-13-6-5-12(2)9-16(13)29-3)26-11-17(28)27-15-8-7-14(21)18(22)19(15)23;/h5-9H,4,10-11H2,1-3H3,(H,27,28)(H2,24,25,26);1H. The molecular formula is C20H24F3IN4OS. The Bertz CT molecular complexity index is 912. The molecule has 0 aliphatic heterocycles. The van der Waals surface area contributed by atoms with Gasteiger partial charge in [-0.1, -0.05) is 12.1 Å². The number of hydrogen-bond acceptors (Lipinski definition) is 3. The molecule has 5 nitrogen and oxygen atoms in total. The smallest absolute Gasteiger partial charge is 0.243 e. The van der Waals surface area contributed by atoms with E-state index in [4.69, 9.17) is 0 Å². The number of rotatable bonds is 7. The summed E-state index contributed by atoms with van der Waals surface area (Å²) in [6, 6.07) is 7.81. The Morgan fingerprint density at radius 2 is 1.83 bits per heavy atom. The fourth-order valence-electron chi connectivity index (χ4n) is 2.47. The van der Waals surface area contributed by atoms with Crippen LogP contribution in [-0.2, 0) is 11.3 Å². The van der Waals surface area contributed by atoms with Gasteiger partial charge in [-0.2, -0.15) is 0 Å². The van der Waals surface area contributed by atoms with Crippen molar-refractivity contribution in [3.8, 4) is 0 Å². The van der Waals surface area contributed by atoms with Crippen molar-refractivity contribution in [1.29, 1.82) is 0 Å². The lowest BCUT2D eigenvalue weighted by molar-refractivity contribution is -0.115. The molecule has 0 bridgehead atoms. The third kappa shape index (κ3) is 7.38. The molecule has 0 fully saturated rings. The summed E-state index contributed by atoms with van der Waals surface area (Å²) in [4.78, 5) is 17.6. The number of benzene rings is 2. The molecule has 0 radical (unpaired) electrons. The van der Waals surface area contributed by atoms with Crippen molar-refractivity contribution >= 4 is 53.3 Å². The van der Waals surface area contributed by atoms with Crippen LogP contribution in [0.15, 0.2) is 40.2 Å². The number of anilines is 1. The number of nitrogens with one attached hydrogen (secondary N) is 3. The van der Waals surface area contributed by atoms with Crippen molar-refractivity contribution < 1.29 is 18.0 Å². The molecule has 0 heterocycles. The van der Waals surface area contributed by atoms with Crippen molar-refractivity contribution in [2.75, 3.05) is 24.7 Å². The largest absolute Gasteiger partial charge is 0.357 e. The molecule has 30 heavy (non-hydrogen) atoms. The van der Waals surface area contributed by atoms with Crippen LogP contribution in [0.5, 0.6) is 0 Å². The van der Waals surface area contributed by atoms with Crippen molar-refractivity contribution in [3.63, 3.8) is 0 Å². The van der Waals surface area contributed by atoms with Crippen LogP contribution in [0.25, 0.3) is 0 Å². The van der Waals surface area contributed by atoms with Crippen LogP contribution in [0, 0.1) is 24.4 Å². The minimum absolute atomic E-state index is 0. The van der Waals surface area contributed by atoms with Crippen LogP contribution in [-0.4, -0.2) is 31.2 Å². The zero-order valence-corrected chi connectivity index (χ0v) is 20.0. The summed E-state index contributed by atoms with van der Waals surface area (Å²) in [6.07, 6.45) is 1.99. The summed E-state index contributed by atoms with van der Waals surface area (Å²) in [5.74, 6) is -4.61. The van der Waals surface area contributed by atoms with E-state index in [2.05, 4.69) is 27.0 Å². The van der Waals surface area contributed by atoms with E-state index in [0.717, 1.165) is 28.2 Å². The summed E-state index contributed by atoms with van der Waals surface area (Å²) in [5.41, 5.74) is 1.78. The van der Waals surface area contributed by atoms with Crippen molar-refractivity contribution in [2.24, 2.45) is 4.99 Å². The molecule has 0 saturated carbocycles. The monoisotopic (exact) mass is 552 g/mol. The molecular weight excluding hydrogens is 528 g/mol. The first-order valence-corrected chi connectivity index (χ1v) is 10.2. The van der Waals surface area contributed by atoms with Gasteiger partial charge in [-0.15, -0.1) is 35.7 Å². The number of amides is 1. The highest BCUT2D eigenvalue weighted by Gasteiger charge is 2.15. The van der Waals surface area contributed by atoms with E-state index in [1.54, 1.807) is 11.8 Å². The summed E-state index contributed by atoms with van der Waals surface area (Å²) in [5, 5.41) is 8.06. The maximum Gasteiger partial charge on any atom is 0.243 e. The Hall–Kier alpha value is -1.95. The van der Waals surface area contributed by atoms with Crippen LogP contribution in [0.2, 0.25) is 0 Å². The number of carbonyl (C=O) groups is 1. The second-order valence-electron chi connectivity index (χ2n) is 6.14. The number of guanidine groups is 1. The molecule has 1 amide bonds. The van der Waals surface area contributed by atoms with Gasteiger partial charge in [0.25, 0.3) is 0 Å². The first-order valence-electron chi connectivity index (χ1n) is 8.94. The Labute approximate surface area is 195 Å². The van der Waals surface area contributed by atoms with E-state index in [1.165, 1.54) is 0 Å². The lowest BCUT2D eigenvalue weighted by Gasteiger charge is -2.13. The molecule has 3 N–H and O–H groups in total. The summed E-state index contributed by atoms with van der Waals surface area (Å²) in [7, 11) is 0. The average molecular weight is 552 g/mol. The fourth-order valence-corrected chi connectivity index (χ4v) is 3.17. The molecule has 0 spiro atoms. The molecule has 0 aliphatic carbocycles. The van der Waals surface area contributed by atoms with Crippen LogP contribution in [0.4, 0.5) is 18.9 Å². The van der Waals surface area contributed by atoms with Crippen LogP contribution >= 0.6 is 35.7 Å². The number of hydrogen-bond donors (Lipinski definition) is 3. The number of thioether (sulfide) groups is 1. The molecule has 0 aromatic heterocycles. The Morgan fingerprint density at radius 1 is 1.10 bits per heavy atom. The number of halogens is 4. The average Bonchev–Trinajstić information content (AvgIpc) is 2.71. The maximum absolute atomic E-state index is 13.7. The molecule has 2 rings (SSSR count). The topological polar surface area (TPSA) is 65.5 Å². The zero-order chi connectivity index (χ0) is 21.4. The zero-order valence-electron chi connectivity index (χ0n) is 16.8. The minimum atomic E-state index is -1.63. The van der Waals surface area contributed by atoms with Gasteiger partial charge in [-0.3, -0.25) is 4.79 Å². The van der Waals surface area contributed by atoms with Crippen molar-refractivity contribution in [1.82, 2.24) is 10.6 Å². The van der Waals surface area contributed by atoms with E-state index in [0.29, 0.717) is 19.0 Å². The van der Waals surface area contributed by atoms with Gasteiger partial charge in [0.1, 0.15) is 0 Å². The van der Waals surface area contributed by atoms with Gasteiger partial charge >= 0.3 is 0 Å². The number of aryl methyl sites for hydroxylation is 1. The van der Waals surface area contributed by atoms with E-state index in [-0.39, 0.29) is 30.5 Å². The first-order chi connectivity index (χ1) is 13.8. The molecule has 164 valence electrons. The van der Waals surface area contributed by atoms with E-state index in [9.17, 15) is 18.0 Å². The SMILES string of the molecule is CCNC(=NCc1ccc(C)cc1SC)NCC(=O)Nc1ccc(F)c(F)c1F.I. The molecule has 0 saturated heterocycles. The second kappa shape index (κ2) is 12.7. The highest BCUT2D eigenvalue weighted by molar-refractivity contribution is 14.0. The van der Waals surface area contributed by atoms with Crippen molar-refractivity contribution in [3.05, 3.63) is 58.9 Å². The molecule has 2 aromatic rings. The molecule has 10 heteroatoms. The summed E-state index contributed by atoms with van der Waals surface area (Å²) in [6.45, 7) is 4.66. The van der Waals surface area contributed by atoms with E-state index >= 15 is 0 Å². The Balaban J connectivity index is 0.00000450. The lowest BCUT2D eigenvalue weighted by atomic mass is 10.1. The Kier molecular flexibility index (Phi) is 11.0. The third-order valence-corrected chi connectivity index (χ3v) is 4.74. The molecule has 0 atom stereocenters. The summed E-state index contributed by atoms with van der Waals surface area (Å²) < 4.78 is 39.9. The van der Waals surface area contributed by atoms with Crippen molar-refractivity contribution in [2.45, 2.75) is 25.3 Å². The third-order valence-electron chi connectivity index (χ3n) is 3.92. The quantitative estimate of drug-likeness (QED) is 0.156. The highest BCUT2D eigenvalue weighted by Crippen LogP contribution is 2.22. The predicted octanol–water partition coefficient (Wildman–Crippen LogP) is 4.45. The van der Waals surface area contributed by atoms with Gasteiger partial charge in [0.2, 0.25) is 5.91 Å². The van der Waals surface area contributed by atoms with Gasteiger partial charge < -0.3 is 16.0 Å².